The van der Waals surface area contributed by atoms with Gasteiger partial charge in [0.2, 0.25) is 0 Å². The van der Waals surface area contributed by atoms with Crippen LogP contribution in [0.1, 0.15) is 48.1 Å². The van der Waals surface area contributed by atoms with E-state index in [9.17, 15) is 9.59 Å². The van der Waals surface area contributed by atoms with Crippen LogP contribution in [0.4, 0.5) is 4.79 Å². The minimum absolute atomic E-state index is 0.199. The molecule has 2 amide bonds. The average molecular weight is 354 g/mol. The standard InChI is InChI=1S/C16H26N4O3S/c1-10(18-15(22)23-16(2,3)4)8-17-13(21)14-19-11-6-7-20(5)9-12(11)24-14/h10H,6-9H2,1-5H3,(H,17,21)(H,18,22). The van der Waals surface area contributed by atoms with Crippen molar-refractivity contribution < 1.29 is 14.3 Å². The summed E-state index contributed by atoms with van der Waals surface area (Å²) in [5, 5.41) is 6.00. The van der Waals surface area contributed by atoms with Gasteiger partial charge in [-0.15, -0.1) is 11.3 Å². The number of carbonyl (C=O) groups excluding carboxylic acids is 2. The fourth-order valence-corrected chi connectivity index (χ4v) is 3.41. The van der Waals surface area contributed by atoms with Gasteiger partial charge in [0.05, 0.1) is 5.69 Å². The first-order valence-corrected chi connectivity index (χ1v) is 8.90. The molecule has 0 aromatic carbocycles. The summed E-state index contributed by atoms with van der Waals surface area (Å²) in [6.45, 7) is 9.36. The molecule has 7 nitrogen and oxygen atoms in total. The van der Waals surface area contributed by atoms with Crippen LogP contribution >= 0.6 is 11.3 Å². The van der Waals surface area contributed by atoms with Gasteiger partial charge in [0.15, 0.2) is 5.01 Å². The highest BCUT2D eigenvalue weighted by Gasteiger charge is 2.22. The van der Waals surface area contributed by atoms with Gasteiger partial charge in [-0.1, -0.05) is 0 Å². The second kappa shape index (κ2) is 7.48. The molecule has 0 aliphatic carbocycles. The summed E-state index contributed by atoms with van der Waals surface area (Å²) in [5.41, 5.74) is 0.489. The van der Waals surface area contributed by atoms with E-state index in [1.54, 1.807) is 20.8 Å². The van der Waals surface area contributed by atoms with Crippen molar-refractivity contribution >= 4 is 23.3 Å². The Labute approximate surface area is 146 Å². The summed E-state index contributed by atoms with van der Waals surface area (Å²) in [4.78, 5) is 31.7. The Balaban J connectivity index is 1.82. The summed E-state index contributed by atoms with van der Waals surface area (Å²) >= 11 is 1.44. The summed E-state index contributed by atoms with van der Waals surface area (Å²) in [5.74, 6) is -0.199. The van der Waals surface area contributed by atoms with Crippen molar-refractivity contribution in [3.8, 4) is 0 Å². The number of ether oxygens (including phenoxy) is 1. The predicted octanol–water partition coefficient (Wildman–Crippen LogP) is 1.77. The average Bonchev–Trinajstić information content (AvgIpc) is 2.85. The number of carbonyl (C=O) groups is 2. The minimum atomic E-state index is -0.541. The first-order chi connectivity index (χ1) is 11.1. The van der Waals surface area contributed by atoms with Crippen LogP contribution in [0.3, 0.4) is 0 Å². The Morgan fingerprint density at radius 2 is 2.12 bits per heavy atom. The highest BCUT2D eigenvalue weighted by atomic mass is 32.1. The molecule has 1 unspecified atom stereocenters. The molecule has 0 spiro atoms. The molecule has 1 aromatic heterocycles. The van der Waals surface area contributed by atoms with Gasteiger partial charge in [0.25, 0.3) is 5.91 Å². The number of nitrogens with one attached hydrogen (secondary N) is 2. The SMILES string of the molecule is CC(CNC(=O)c1nc2c(s1)CN(C)CC2)NC(=O)OC(C)(C)C. The monoisotopic (exact) mass is 354 g/mol. The molecule has 134 valence electrons. The second-order valence-corrected chi connectivity index (χ2v) is 8.22. The maximum absolute atomic E-state index is 12.2. The topological polar surface area (TPSA) is 83.6 Å². The van der Waals surface area contributed by atoms with Gasteiger partial charge in [-0.25, -0.2) is 9.78 Å². The van der Waals surface area contributed by atoms with Crippen molar-refractivity contribution in [1.82, 2.24) is 20.5 Å². The summed E-state index contributed by atoms with van der Waals surface area (Å²) in [6.07, 6.45) is 0.392. The van der Waals surface area contributed by atoms with E-state index in [2.05, 4.69) is 27.6 Å². The van der Waals surface area contributed by atoms with Crippen LogP contribution < -0.4 is 10.6 Å². The highest BCUT2D eigenvalue weighted by molar-refractivity contribution is 7.13. The Morgan fingerprint density at radius 1 is 1.42 bits per heavy atom. The molecule has 2 heterocycles. The number of hydrogen-bond acceptors (Lipinski definition) is 6. The lowest BCUT2D eigenvalue weighted by Gasteiger charge is -2.22. The molecule has 0 radical (unpaired) electrons. The zero-order chi connectivity index (χ0) is 17.9. The molecule has 1 aliphatic rings. The van der Waals surface area contributed by atoms with Crippen LogP contribution in [0, 0.1) is 0 Å². The molecule has 1 aromatic rings. The summed E-state index contributed by atoms with van der Waals surface area (Å²) in [6, 6.07) is -0.232. The molecule has 0 fully saturated rings. The third-order valence-electron chi connectivity index (χ3n) is 3.45. The third kappa shape index (κ3) is 5.45. The van der Waals surface area contributed by atoms with Crippen molar-refractivity contribution in [2.45, 2.75) is 52.3 Å². The van der Waals surface area contributed by atoms with Gasteiger partial charge in [-0.3, -0.25) is 4.79 Å². The maximum atomic E-state index is 12.2. The molecule has 1 aliphatic heterocycles. The number of likely N-dealkylation sites (N-methyl/N-ethyl adjacent to an activating group) is 1. The molecule has 0 bridgehead atoms. The van der Waals surface area contributed by atoms with E-state index in [4.69, 9.17) is 4.74 Å². The van der Waals surface area contributed by atoms with Crippen LogP contribution in [0.25, 0.3) is 0 Å². The third-order valence-corrected chi connectivity index (χ3v) is 4.53. The zero-order valence-electron chi connectivity index (χ0n) is 14.9. The number of aromatic nitrogens is 1. The Kier molecular flexibility index (Phi) is 5.82. The Morgan fingerprint density at radius 3 is 2.79 bits per heavy atom. The number of nitrogens with zero attached hydrogens (tertiary/aromatic N) is 2. The highest BCUT2D eigenvalue weighted by Crippen LogP contribution is 2.24. The normalized spacial score (nSPS) is 16.2. The zero-order valence-corrected chi connectivity index (χ0v) is 15.7. The van der Waals surface area contributed by atoms with Gasteiger partial charge >= 0.3 is 6.09 Å². The molecule has 0 saturated heterocycles. The fourth-order valence-electron chi connectivity index (χ4n) is 2.30. The summed E-state index contributed by atoms with van der Waals surface area (Å²) < 4.78 is 5.19. The number of rotatable bonds is 4. The van der Waals surface area contributed by atoms with Crippen LogP contribution in [-0.4, -0.2) is 53.7 Å². The molecule has 24 heavy (non-hydrogen) atoms. The molecule has 0 saturated carbocycles. The molecule has 2 rings (SSSR count). The van der Waals surface area contributed by atoms with E-state index in [0.29, 0.717) is 11.6 Å². The molecule has 8 heteroatoms. The minimum Gasteiger partial charge on any atom is -0.444 e. The van der Waals surface area contributed by atoms with Crippen LogP contribution in [0.15, 0.2) is 0 Å². The second-order valence-electron chi connectivity index (χ2n) is 7.13. The predicted molar refractivity (Wildman–Crippen MR) is 93.3 cm³/mol. The molecular formula is C16H26N4O3S. The van der Waals surface area contributed by atoms with Gasteiger partial charge < -0.3 is 20.3 Å². The molecular weight excluding hydrogens is 328 g/mol. The van der Waals surface area contributed by atoms with Crippen molar-refractivity contribution in [2.24, 2.45) is 0 Å². The first kappa shape index (κ1) is 18.7. The number of alkyl carbamates (subject to hydrolysis) is 1. The first-order valence-electron chi connectivity index (χ1n) is 8.09. The van der Waals surface area contributed by atoms with E-state index in [1.165, 1.54) is 11.3 Å². The fraction of sp³-hybridized carbons (Fsp3) is 0.688. The Hall–Kier alpha value is -1.67. The quantitative estimate of drug-likeness (QED) is 0.861. The van der Waals surface area contributed by atoms with Crippen molar-refractivity contribution in [3.05, 3.63) is 15.6 Å². The van der Waals surface area contributed by atoms with Gasteiger partial charge in [-0.2, -0.15) is 0 Å². The van der Waals surface area contributed by atoms with E-state index in [-0.39, 0.29) is 11.9 Å². The summed E-state index contributed by atoms with van der Waals surface area (Å²) in [7, 11) is 2.06. The van der Waals surface area contributed by atoms with Crippen LogP contribution in [-0.2, 0) is 17.7 Å². The number of thiazole rings is 1. The number of hydrogen-bond donors (Lipinski definition) is 2. The van der Waals surface area contributed by atoms with Crippen LogP contribution in [0.5, 0.6) is 0 Å². The van der Waals surface area contributed by atoms with Gasteiger partial charge in [-0.05, 0) is 34.7 Å². The Bertz CT molecular complexity index is 609. The van der Waals surface area contributed by atoms with Crippen molar-refractivity contribution in [3.63, 3.8) is 0 Å². The van der Waals surface area contributed by atoms with Gasteiger partial charge in [0, 0.05) is 37.0 Å². The van der Waals surface area contributed by atoms with Crippen LogP contribution in [0.2, 0.25) is 0 Å². The lowest BCUT2D eigenvalue weighted by molar-refractivity contribution is 0.0506. The number of fused-ring (bicyclic) bond motifs is 1. The smallest absolute Gasteiger partial charge is 0.407 e. The van der Waals surface area contributed by atoms with E-state index < -0.39 is 11.7 Å². The molecule has 1 atom stereocenters. The van der Waals surface area contributed by atoms with Gasteiger partial charge in [0.1, 0.15) is 5.60 Å². The molecule has 2 N–H and O–H groups in total. The van der Waals surface area contributed by atoms with E-state index in [1.807, 2.05) is 6.92 Å². The lowest BCUT2D eigenvalue weighted by Crippen LogP contribution is -2.43. The lowest BCUT2D eigenvalue weighted by atomic mass is 10.2. The van der Waals surface area contributed by atoms with Crippen molar-refractivity contribution in [2.75, 3.05) is 20.1 Å². The number of amides is 2. The van der Waals surface area contributed by atoms with E-state index >= 15 is 0 Å². The van der Waals surface area contributed by atoms with Crippen molar-refractivity contribution in [1.29, 1.82) is 0 Å². The largest absolute Gasteiger partial charge is 0.444 e. The maximum Gasteiger partial charge on any atom is 0.407 e. The van der Waals surface area contributed by atoms with E-state index in [0.717, 1.165) is 30.1 Å².